The predicted octanol–water partition coefficient (Wildman–Crippen LogP) is 3.78. The molecular weight excluding hydrogens is 448 g/mol. The van der Waals surface area contributed by atoms with Gasteiger partial charge in [0.1, 0.15) is 16.7 Å². The Kier molecular flexibility index (Phi) is 11.2. The normalized spacial score (nSPS) is 10.1. The largest absolute Gasteiger partial charge is 0.383 e. The number of fused-ring (bicyclic) bond motifs is 1. The maximum atomic E-state index is 11.6. The van der Waals surface area contributed by atoms with Gasteiger partial charge in [0.2, 0.25) is 17.8 Å². The molecule has 0 saturated carbocycles. The van der Waals surface area contributed by atoms with Gasteiger partial charge in [0.15, 0.2) is 5.82 Å². The van der Waals surface area contributed by atoms with Crippen LogP contribution in [-0.2, 0) is 24.2 Å². The Morgan fingerprint density at radius 3 is 2.47 bits per heavy atom. The van der Waals surface area contributed by atoms with Crippen molar-refractivity contribution in [3.8, 4) is 0 Å². The number of hydrogen-bond donors (Lipinski definition) is 1. The van der Waals surface area contributed by atoms with Gasteiger partial charge in [0.25, 0.3) is 0 Å². The second-order valence-electron chi connectivity index (χ2n) is 5.43. The quantitative estimate of drug-likeness (QED) is 0.437. The summed E-state index contributed by atoms with van der Waals surface area (Å²) >= 11 is 12.1. The van der Waals surface area contributed by atoms with Crippen LogP contribution in [0.15, 0.2) is 23.1 Å². The monoisotopic (exact) mass is 468 g/mol. The molecule has 30 heavy (non-hydrogen) atoms. The number of anilines is 2. The highest BCUT2D eigenvalue weighted by Crippen LogP contribution is 2.28. The first-order chi connectivity index (χ1) is 14.4. The minimum Gasteiger partial charge on any atom is -0.383 e. The molecule has 166 valence electrons. The highest BCUT2D eigenvalue weighted by molar-refractivity contribution is 6.29. The Morgan fingerprint density at radius 2 is 1.90 bits per heavy atom. The fraction of sp³-hybridized carbons (Fsp3) is 0.412. The van der Waals surface area contributed by atoms with Crippen LogP contribution in [0.5, 0.6) is 0 Å². The summed E-state index contributed by atoms with van der Waals surface area (Å²) < 4.78 is 37.1. The van der Waals surface area contributed by atoms with Crippen molar-refractivity contribution in [3.63, 3.8) is 0 Å². The number of nitrogens with one attached hydrogen (secondary N) is 1. The van der Waals surface area contributed by atoms with E-state index >= 15 is 0 Å². The predicted molar refractivity (Wildman–Crippen MR) is 111 cm³/mol. The number of rotatable bonds is 6. The Balaban J connectivity index is 0.000000826. The Labute approximate surface area is 180 Å². The Hall–Kier alpha value is -2.37. The minimum absolute atomic E-state index is 0.0810. The van der Waals surface area contributed by atoms with Crippen molar-refractivity contribution < 1.29 is 17.9 Å². The highest BCUT2D eigenvalue weighted by Gasteiger charge is 2.18. The second-order valence-corrected chi connectivity index (χ2v) is 6.03. The van der Waals surface area contributed by atoms with E-state index in [9.17, 15) is 18.0 Å². The molecule has 3 rings (SSSR count). The van der Waals surface area contributed by atoms with E-state index in [0.29, 0.717) is 48.6 Å². The van der Waals surface area contributed by atoms with Crippen LogP contribution in [0, 0.1) is 0 Å². The third-order valence-corrected chi connectivity index (χ3v) is 4.03. The zero-order chi connectivity index (χ0) is 22.7. The zero-order valence-corrected chi connectivity index (χ0v) is 18.0. The summed E-state index contributed by atoms with van der Waals surface area (Å²) in [7, 11) is 3.79. The van der Waals surface area contributed by atoms with Crippen molar-refractivity contribution in [2.75, 3.05) is 33.1 Å². The average molecular weight is 469 g/mol. The third-order valence-electron chi connectivity index (χ3n) is 3.61. The molecular formula is C17H21Cl2F3N6O2. The van der Waals surface area contributed by atoms with E-state index in [2.05, 4.69) is 20.4 Å². The molecule has 0 aliphatic heterocycles. The number of pyridine rings is 1. The maximum Gasteiger partial charge on any atom is 0.250 e. The molecule has 0 fully saturated rings. The molecule has 8 nitrogen and oxygen atoms in total. The fourth-order valence-corrected chi connectivity index (χ4v) is 2.79. The van der Waals surface area contributed by atoms with E-state index in [1.807, 2.05) is 0 Å². The number of halogens is 5. The molecule has 3 aromatic rings. The average Bonchev–Trinajstić information content (AvgIpc) is 3.09. The van der Waals surface area contributed by atoms with E-state index in [0.717, 1.165) is 0 Å². The van der Waals surface area contributed by atoms with Crippen molar-refractivity contribution in [1.82, 2.24) is 24.3 Å². The number of ether oxygens (including phenoxy) is 1. The molecule has 3 aromatic heterocycles. The highest BCUT2D eigenvalue weighted by atomic mass is 35.5. The van der Waals surface area contributed by atoms with Crippen LogP contribution in [-0.4, -0.2) is 52.1 Å². The number of aromatic nitrogens is 5. The van der Waals surface area contributed by atoms with Gasteiger partial charge in [-0.05, 0) is 17.7 Å². The van der Waals surface area contributed by atoms with Crippen LogP contribution >= 0.6 is 23.2 Å². The van der Waals surface area contributed by atoms with Gasteiger partial charge in [-0.15, -0.1) is 11.6 Å². The fourth-order valence-electron chi connectivity index (χ4n) is 2.44. The van der Waals surface area contributed by atoms with Crippen molar-refractivity contribution in [3.05, 3.63) is 39.7 Å². The van der Waals surface area contributed by atoms with Gasteiger partial charge in [-0.25, -0.2) is 13.8 Å². The first kappa shape index (κ1) is 25.7. The third kappa shape index (κ3) is 6.57. The lowest BCUT2D eigenvalue weighted by Gasteiger charge is -2.10. The topological polar surface area (TPSA) is 86.9 Å². The van der Waals surface area contributed by atoms with E-state index in [4.69, 9.17) is 27.9 Å². The molecule has 3 heterocycles. The molecule has 0 aliphatic carbocycles. The number of methoxy groups -OCH3 is 1. The van der Waals surface area contributed by atoms with Gasteiger partial charge in [0, 0.05) is 26.4 Å². The summed E-state index contributed by atoms with van der Waals surface area (Å²) in [5.41, 5.74) is 2.45. The maximum absolute atomic E-state index is 11.6. The Morgan fingerprint density at radius 1 is 1.23 bits per heavy atom. The summed E-state index contributed by atoms with van der Waals surface area (Å²) in [5, 5.41) is 7.72. The SMILES string of the molecule is CF.COCCn1nc(CCl)c2nc(Cl)nc(Nc3ccc(=O)n(C)c3)c21.FCF. The second kappa shape index (κ2) is 13.0. The molecule has 0 saturated heterocycles. The summed E-state index contributed by atoms with van der Waals surface area (Å²) in [4.78, 5) is 20.1. The summed E-state index contributed by atoms with van der Waals surface area (Å²) in [6, 6.07) is 3.14. The van der Waals surface area contributed by atoms with E-state index in [1.165, 1.54) is 10.6 Å². The van der Waals surface area contributed by atoms with Crippen molar-refractivity contribution in [2.24, 2.45) is 7.05 Å². The lowest BCUT2D eigenvalue weighted by Crippen LogP contribution is -2.15. The zero-order valence-electron chi connectivity index (χ0n) is 16.5. The standard InChI is InChI=1S/C15H16Cl2N6O2.CH2F2.CH3F/c1-22-8-9(3-4-11(22)24)18-14-13-12(19-15(17)20-14)10(7-16)21-23(13)5-6-25-2;2-1-3;1-2/h3-4,8H,5-7H2,1-2H3,(H,18,19,20);1H2;1H3. The van der Waals surface area contributed by atoms with Crippen molar-refractivity contribution in [1.29, 1.82) is 0 Å². The van der Waals surface area contributed by atoms with Gasteiger partial charge in [0.05, 0.1) is 31.9 Å². The molecule has 0 spiro atoms. The van der Waals surface area contributed by atoms with Crippen molar-refractivity contribution in [2.45, 2.75) is 12.4 Å². The van der Waals surface area contributed by atoms with Crippen molar-refractivity contribution >= 4 is 45.7 Å². The number of nitrogens with zero attached hydrogens (tertiary/aromatic N) is 5. The van der Waals surface area contributed by atoms with Crippen LogP contribution in [0.1, 0.15) is 5.69 Å². The van der Waals surface area contributed by atoms with Gasteiger partial charge in [-0.1, -0.05) is 0 Å². The van der Waals surface area contributed by atoms with Gasteiger partial charge < -0.3 is 14.6 Å². The van der Waals surface area contributed by atoms with Crippen LogP contribution in [0.3, 0.4) is 0 Å². The molecule has 0 atom stereocenters. The van der Waals surface area contributed by atoms with Gasteiger partial charge in [-0.2, -0.15) is 10.1 Å². The van der Waals surface area contributed by atoms with E-state index in [1.54, 1.807) is 31.1 Å². The first-order valence-corrected chi connectivity index (χ1v) is 9.27. The number of alkyl halides is 4. The van der Waals surface area contributed by atoms with Crippen LogP contribution in [0.25, 0.3) is 11.0 Å². The molecule has 13 heteroatoms. The summed E-state index contributed by atoms with van der Waals surface area (Å²) in [6.45, 7) is -0.767. The molecule has 0 amide bonds. The molecule has 0 aliphatic rings. The first-order valence-electron chi connectivity index (χ1n) is 8.36. The van der Waals surface area contributed by atoms with Crippen LogP contribution < -0.4 is 10.9 Å². The molecule has 0 aromatic carbocycles. The van der Waals surface area contributed by atoms with E-state index in [-0.39, 0.29) is 16.7 Å². The van der Waals surface area contributed by atoms with E-state index < -0.39 is 6.93 Å². The van der Waals surface area contributed by atoms with Crippen LogP contribution in [0.2, 0.25) is 5.28 Å². The smallest absolute Gasteiger partial charge is 0.250 e. The molecule has 0 bridgehead atoms. The van der Waals surface area contributed by atoms with Crippen LogP contribution in [0.4, 0.5) is 24.7 Å². The number of aryl methyl sites for hydroxylation is 1. The molecule has 0 radical (unpaired) electrons. The minimum atomic E-state index is -1.75. The van der Waals surface area contributed by atoms with Gasteiger partial charge >= 0.3 is 0 Å². The lowest BCUT2D eigenvalue weighted by atomic mass is 10.3. The van der Waals surface area contributed by atoms with Gasteiger partial charge in [-0.3, -0.25) is 13.9 Å². The number of hydrogen-bond acceptors (Lipinski definition) is 6. The molecule has 0 unspecified atom stereocenters. The summed E-state index contributed by atoms with van der Waals surface area (Å²) in [5.74, 6) is 0.678. The summed E-state index contributed by atoms with van der Waals surface area (Å²) in [6.07, 6.45) is 1.67. The molecule has 1 N–H and O–H groups in total. The lowest BCUT2D eigenvalue weighted by molar-refractivity contribution is 0.185. The Bertz CT molecular complexity index is 1000.